The summed E-state index contributed by atoms with van der Waals surface area (Å²) in [4.78, 5) is 0. The molecule has 1 heteroatoms. The van der Waals surface area contributed by atoms with Gasteiger partial charge in [-0.15, -0.1) is 0 Å². The first-order valence-electron chi connectivity index (χ1n) is 4.47. The van der Waals surface area contributed by atoms with Gasteiger partial charge >= 0.3 is 0 Å². The molecular weight excluding hydrogens is 134 g/mol. The Morgan fingerprint density at radius 2 is 1.91 bits per heavy atom. The van der Waals surface area contributed by atoms with Crippen LogP contribution < -0.4 is 5.73 Å². The molecule has 0 aliphatic heterocycles. The van der Waals surface area contributed by atoms with Crippen molar-refractivity contribution in [2.45, 2.75) is 45.6 Å². The second-order valence-corrected chi connectivity index (χ2v) is 4.19. The third kappa shape index (κ3) is 1.64. The molecule has 0 radical (unpaired) electrons. The normalized spacial score (nSPS) is 25.0. The predicted octanol–water partition coefficient (Wildman–Crippen LogP) is 2.47. The third-order valence-corrected chi connectivity index (χ3v) is 3.03. The highest BCUT2D eigenvalue weighted by atomic mass is 14.7. The van der Waals surface area contributed by atoms with E-state index in [4.69, 9.17) is 5.73 Å². The predicted molar refractivity (Wildman–Crippen MR) is 49.4 cm³/mol. The third-order valence-electron chi connectivity index (χ3n) is 3.03. The molecule has 1 fully saturated rings. The molecule has 0 aromatic heterocycles. The van der Waals surface area contributed by atoms with Crippen molar-refractivity contribution in [3.63, 3.8) is 0 Å². The fourth-order valence-corrected chi connectivity index (χ4v) is 2.09. The molecule has 0 heterocycles. The van der Waals surface area contributed by atoms with Crippen LogP contribution in [0.4, 0.5) is 0 Å². The number of hydrogen-bond donors (Lipinski definition) is 1. The van der Waals surface area contributed by atoms with Crippen molar-refractivity contribution >= 4 is 0 Å². The van der Waals surface area contributed by atoms with Crippen LogP contribution in [0.25, 0.3) is 0 Å². The van der Waals surface area contributed by atoms with E-state index >= 15 is 0 Å². The first-order valence-corrected chi connectivity index (χ1v) is 4.47. The molecule has 0 amide bonds. The summed E-state index contributed by atoms with van der Waals surface area (Å²) >= 11 is 0. The van der Waals surface area contributed by atoms with Crippen LogP contribution in [-0.4, -0.2) is 6.04 Å². The molecule has 0 aromatic carbocycles. The first kappa shape index (κ1) is 8.79. The molecule has 64 valence electrons. The zero-order valence-electron chi connectivity index (χ0n) is 7.69. The zero-order valence-corrected chi connectivity index (χ0v) is 7.69. The lowest BCUT2D eigenvalue weighted by atomic mass is 9.78. The lowest BCUT2D eigenvalue weighted by Crippen LogP contribution is -2.38. The van der Waals surface area contributed by atoms with Gasteiger partial charge in [-0.2, -0.15) is 0 Å². The summed E-state index contributed by atoms with van der Waals surface area (Å²) in [5.74, 6) is 0. The van der Waals surface area contributed by atoms with Crippen molar-refractivity contribution in [2.24, 2.45) is 11.1 Å². The maximum Gasteiger partial charge on any atom is 0.0302 e. The highest BCUT2D eigenvalue weighted by molar-refractivity contribution is 5.08. The molecule has 1 atom stereocenters. The van der Waals surface area contributed by atoms with Gasteiger partial charge in [0.1, 0.15) is 0 Å². The van der Waals surface area contributed by atoms with Crippen molar-refractivity contribution in [3.05, 3.63) is 12.2 Å². The van der Waals surface area contributed by atoms with Gasteiger partial charge in [0, 0.05) is 6.04 Å². The minimum absolute atomic E-state index is 0.213. The van der Waals surface area contributed by atoms with Gasteiger partial charge in [0.2, 0.25) is 0 Å². The Morgan fingerprint density at radius 1 is 1.45 bits per heavy atom. The van der Waals surface area contributed by atoms with Gasteiger partial charge in [-0.25, -0.2) is 0 Å². The van der Waals surface area contributed by atoms with Crippen LogP contribution in [0.3, 0.4) is 0 Å². The maximum atomic E-state index is 6.06. The standard InChI is InChI=1S/C10H19N/c1-8(2)9(11)10(3)6-4-5-7-10/h9H,1,4-7,11H2,2-3H3. The monoisotopic (exact) mass is 153 g/mol. The molecule has 0 spiro atoms. The van der Waals surface area contributed by atoms with Gasteiger partial charge in [-0.1, -0.05) is 31.9 Å². The van der Waals surface area contributed by atoms with Gasteiger partial charge in [-0.05, 0) is 25.2 Å². The summed E-state index contributed by atoms with van der Waals surface area (Å²) in [6.07, 6.45) is 5.25. The minimum atomic E-state index is 0.213. The van der Waals surface area contributed by atoms with Gasteiger partial charge in [0.15, 0.2) is 0 Å². The Kier molecular flexibility index (Phi) is 2.38. The highest BCUT2D eigenvalue weighted by Crippen LogP contribution is 2.41. The Morgan fingerprint density at radius 3 is 2.27 bits per heavy atom. The fourth-order valence-electron chi connectivity index (χ4n) is 2.09. The second kappa shape index (κ2) is 2.98. The van der Waals surface area contributed by atoms with E-state index in [1.54, 1.807) is 0 Å². The summed E-state index contributed by atoms with van der Waals surface area (Å²) < 4.78 is 0. The van der Waals surface area contributed by atoms with E-state index in [0.717, 1.165) is 5.57 Å². The van der Waals surface area contributed by atoms with Crippen molar-refractivity contribution in [3.8, 4) is 0 Å². The molecule has 1 rings (SSSR count). The topological polar surface area (TPSA) is 26.0 Å². The van der Waals surface area contributed by atoms with E-state index in [2.05, 4.69) is 13.5 Å². The van der Waals surface area contributed by atoms with Crippen LogP contribution >= 0.6 is 0 Å². The van der Waals surface area contributed by atoms with E-state index in [-0.39, 0.29) is 6.04 Å². The van der Waals surface area contributed by atoms with E-state index < -0.39 is 0 Å². The summed E-state index contributed by atoms with van der Waals surface area (Å²) in [5, 5.41) is 0. The van der Waals surface area contributed by atoms with Crippen LogP contribution in [0, 0.1) is 5.41 Å². The number of hydrogen-bond acceptors (Lipinski definition) is 1. The Balaban J connectivity index is 2.63. The highest BCUT2D eigenvalue weighted by Gasteiger charge is 2.34. The average Bonchev–Trinajstić information content (AvgIpc) is 2.35. The minimum Gasteiger partial charge on any atom is -0.324 e. The molecule has 0 saturated heterocycles. The van der Waals surface area contributed by atoms with Crippen LogP contribution in [0.1, 0.15) is 39.5 Å². The molecular formula is C10H19N. The number of rotatable bonds is 2. The van der Waals surface area contributed by atoms with E-state index in [1.807, 2.05) is 6.92 Å². The van der Waals surface area contributed by atoms with Gasteiger partial charge in [0.05, 0.1) is 0 Å². The van der Waals surface area contributed by atoms with Crippen LogP contribution in [-0.2, 0) is 0 Å². The van der Waals surface area contributed by atoms with Crippen molar-refractivity contribution in [1.82, 2.24) is 0 Å². The van der Waals surface area contributed by atoms with E-state index in [1.165, 1.54) is 25.7 Å². The molecule has 0 aromatic rings. The quantitative estimate of drug-likeness (QED) is 0.606. The van der Waals surface area contributed by atoms with Crippen LogP contribution in [0.15, 0.2) is 12.2 Å². The summed E-state index contributed by atoms with van der Waals surface area (Å²) in [5.41, 5.74) is 7.54. The fraction of sp³-hybridized carbons (Fsp3) is 0.800. The molecule has 2 N–H and O–H groups in total. The lowest BCUT2D eigenvalue weighted by Gasteiger charge is -2.31. The molecule has 1 nitrogen and oxygen atoms in total. The Bertz CT molecular complexity index is 154. The molecule has 1 aliphatic carbocycles. The zero-order chi connectivity index (χ0) is 8.48. The smallest absolute Gasteiger partial charge is 0.0302 e. The van der Waals surface area contributed by atoms with Gasteiger partial charge < -0.3 is 5.73 Å². The maximum absolute atomic E-state index is 6.06. The van der Waals surface area contributed by atoms with Crippen molar-refractivity contribution in [2.75, 3.05) is 0 Å². The molecule has 0 bridgehead atoms. The number of nitrogens with two attached hydrogens (primary N) is 1. The van der Waals surface area contributed by atoms with Crippen LogP contribution in [0.5, 0.6) is 0 Å². The first-order chi connectivity index (χ1) is 5.06. The largest absolute Gasteiger partial charge is 0.324 e. The van der Waals surface area contributed by atoms with E-state index in [0.29, 0.717) is 5.41 Å². The van der Waals surface area contributed by atoms with E-state index in [9.17, 15) is 0 Å². The Hall–Kier alpha value is -0.300. The lowest BCUT2D eigenvalue weighted by molar-refractivity contribution is 0.289. The molecule has 1 aliphatic rings. The molecule has 1 unspecified atom stereocenters. The van der Waals surface area contributed by atoms with Crippen molar-refractivity contribution in [1.29, 1.82) is 0 Å². The molecule has 1 saturated carbocycles. The SMILES string of the molecule is C=C(C)C(N)C1(C)CCCC1. The summed E-state index contributed by atoms with van der Waals surface area (Å²) in [7, 11) is 0. The second-order valence-electron chi connectivity index (χ2n) is 4.19. The van der Waals surface area contributed by atoms with Gasteiger partial charge in [-0.3, -0.25) is 0 Å². The summed E-state index contributed by atoms with van der Waals surface area (Å²) in [6, 6.07) is 0.213. The summed E-state index contributed by atoms with van der Waals surface area (Å²) in [6.45, 7) is 8.25. The van der Waals surface area contributed by atoms with Crippen LogP contribution in [0.2, 0.25) is 0 Å². The molecule has 11 heavy (non-hydrogen) atoms. The van der Waals surface area contributed by atoms with Crippen molar-refractivity contribution < 1.29 is 0 Å². The average molecular weight is 153 g/mol. The van der Waals surface area contributed by atoms with Gasteiger partial charge in [0.25, 0.3) is 0 Å². The Labute approximate surface area is 69.7 Å².